The van der Waals surface area contributed by atoms with Crippen molar-refractivity contribution in [2.45, 2.75) is 52.4 Å². The Morgan fingerprint density at radius 3 is 1.18 bits per heavy atom. The van der Waals surface area contributed by atoms with Crippen LogP contribution in [0.1, 0.15) is 84.2 Å². The van der Waals surface area contributed by atoms with Crippen LogP contribution in [0, 0.1) is 10.8 Å². The summed E-state index contributed by atoms with van der Waals surface area (Å²) in [5.74, 6) is -2.01. The first-order valence-corrected chi connectivity index (χ1v) is 12.8. The van der Waals surface area contributed by atoms with Gasteiger partial charge in [-0.05, 0) is 61.1 Å². The molecule has 2 aromatic rings. The molecule has 4 atom stereocenters. The predicted molar refractivity (Wildman–Crippen MR) is 144 cm³/mol. The molecular weight excluding hydrogens is 516 g/mol. The van der Waals surface area contributed by atoms with Gasteiger partial charge in [0.1, 0.15) is 0 Å². The second-order valence-corrected chi connectivity index (χ2v) is 10.6. The van der Waals surface area contributed by atoms with Crippen LogP contribution in [0.3, 0.4) is 0 Å². The van der Waals surface area contributed by atoms with Crippen LogP contribution in [0.4, 0.5) is 0 Å². The Hall–Kier alpha value is -4.34. The van der Waals surface area contributed by atoms with E-state index in [1.807, 2.05) is 13.8 Å². The highest BCUT2D eigenvalue weighted by Crippen LogP contribution is 2.42. The van der Waals surface area contributed by atoms with Crippen LogP contribution in [0.15, 0.2) is 48.5 Å². The maximum absolute atomic E-state index is 11.9. The third-order valence-electron chi connectivity index (χ3n) is 8.17. The van der Waals surface area contributed by atoms with Crippen molar-refractivity contribution in [2.75, 3.05) is 14.2 Å². The van der Waals surface area contributed by atoms with Gasteiger partial charge in [-0.3, -0.25) is 29.8 Å². The van der Waals surface area contributed by atoms with Crippen molar-refractivity contribution in [1.29, 1.82) is 0 Å². The fraction of sp³-hybridized carbons (Fsp3) is 0.400. The Morgan fingerprint density at radius 2 is 0.950 bits per heavy atom. The van der Waals surface area contributed by atoms with Crippen molar-refractivity contribution < 1.29 is 38.2 Å². The summed E-state index contributed by atoms with van der Waals surface area (Å²) in [5, 5.41) is 4.69. The smallest absolute Gasteiger partial charge is 0.337 e. The number of imide groups is 2. The highest BCUT2D eigenvalue weighted by Gasteiger charge is 2.48. The van der Waals surface area contributed by atoms with Crippen molar-refractivity contribution >= 4 is 35.6 Å². The van der Waals surface area contributed by atoms with Crippen molar-refractivity contribution in [3.05, 3.63) is 70.8 Å². The summed E-state index contributed by atoms with van der Waals surface area (Å²) < 4.78 is 9.28. The lowest BCUT2D eigenvalue weighted by Gasteiger charge is -2.28. The molecule has 0 unspecified atom stereocenters. The fourth-order valence-electron chi connectivity index (χ4n) is 4.94. The number of nitrogens with one attached hydrogen (secondary N) is 2. The summed E-state index contributed by atoms with van der Waals surface area (Å²) in [6.07, 6.45) is 0.373. The van der Waals surface area contributed by atoms with Gasteiger partial charge in [0.2, 0.25) is 23.6 Å². The maximum atomic E-state index is 11.9. The largest absolute Gasteiger partial charge is 0.465 e. The van der Waals surface area contributed by atoms with E-state index in [-0.39, 0.29) is 48.3 Å². The molecule has 0 spiro atoms. The second-order valence-electron chi connectivity index (χ2n) is 10.6. The zero-order chi connectivity index (χ0) is 29.8. The van der Waals surface area contributed by atoms with Crippen LogP contribution in [0.2, 0.25) is 0 Å². The van der Waals surface area contributed by atoms with Crippen LogP contribution in [0.5, 0.6) is 0 Å². The van der Waals surface area contributed by atoms with E-state index in [0.717, 1.165) is 11.1 Å². The molecule has 2 fully saturated rings. The zero-order valence-corrected chi connectivity index (χ0v) is 23.5. The first kappa shape index (κ1) is 30.2. The number of carbonyl (C=O) groups is 6. The average Bonchev–Trinajstić information content (AvgIpc) is 3.38. The molecule has 2 aliphatic heterocycles. The third kappa shape index (κ3) is 5.95. The molecule has 0 aromatic heterocycles. The molecular formula is C30H34N2O8. The van der Waals surface area contributed by atoms with Gasteiger partial charge in [0.25, 0.3) is 0 Å². The lowest BCUT2D eigenvalue weighted by atomic mass is 9.73. The summed E-state index contributed by atoms with van der Waals surface area (Å²) in [5.41, 5.74) is 1.24. The molecule has 2 aromatic carbocycles. The molecule has 2 N–H and O–H groups in total. The molecule has 10 nitrogen and oxygen atoms in total. The van der Waals surface area contributed by atoms with Gasteiger partial charge in [-0.15, -0.1) is 0 Å². The van der Waals surface area contributed by atoms with Gasteiger partial charge in [0.05, 0.1) is 36.2 Å². The van der Waals surface area contributed by atoms with E-state index in [9.17, 15) is 28.8 Å². The van der Waals surface area contributed by atoms with Crippen LogP contribution in [-0.2, 0) is 28.7 Å². The molecule has 2 heterocycles. The van der Waals surface area contributed by atoms with E-state index in [4.69, 9.17) is 0 Å². The number of benzene rings is 2. The average molecular weight is 551 g/mol. The summed E-state index contributed by atoms with van der Waals surface area (Å²) in [7, 11) is 2.66. The maximum Gasteiger partial charge on any atom is 0.337 e. The molecule has 40 heavy (non-hydrogen) atoms. The summed E-state index contributed by atoms with van der Waals surface area (Å²) >= 11 is 0. The number of esters is 2. The van der Waals surface area contributed by atoms with Crippen molar-refractivity contribution in [2.24, 2.45) is 10.8 Å². The SMILES string of the molecule is COC(=O)c1ccc([C@@H](C)[C@@]2(C)CC(=O)NC2=O)cc1.COC(=O)c1ccc([C@@H](C)[C@]2(C)CC(=O)NC2=O)cc1. The molecule has 0 aliphatic carbocycles. The monoisotopic (exact) mass is 550 g/mol. The van der Waals surface area contributed by atoms with Gasteiger partial charge in [0, 0.05) is 12.8 Å². The van der Waals surface area contributed by atoms with Crippen molar-refractivity contribution in [1.82, 2.24) is 10.6 Å². The van der Waals surface area contributed by atoms with Gasteiger partial charge in [-0.2, -0.15) is 0 Å². The molecule has 0 radical (unpaired) electrons. The van der Waals surface area contributed by atoms with E-state index < -0.39 is 22.8 Å². The van der Waals surface area contributed by atoms with E-state index in [2.05, 4.69) is 20.1 Å². The Labute approximate surface area is 232 Å². The van der Waals surface area contributed by atoms with E-state index >= 15 is 0 Å². The van der Waals surface area contributed by atoms with Crippen molar-refractivity contribution in [3.63, 3.8) is 0 Å². The zero-order valence-electron chi connectivity index (χ0n) is 23.5. The minimum atomic E-state index is -0.746. The summed E-state index contributed by atoms with van der Waals surface area (Å²) in [6.45, 7) is 7.38. The Morgan fingerprint density at radius 1 is 0.650 bits per heavy atom. The first-order chi connectivity index (χ1) is 18.8. The van der Waals surface area contributed by atoms with Gasteiger partial charge < -0.3 is 9.47 Å². The Balaban J connectivity index is 0.000000220. The quantitative estimate of drug-likeness (QED) is 0.412. The standard InChI is InChI=1S/2C15H17NO4/c2*1-9(15(2)8-12(17)16-14(15)19)10-4-6-11(7-5-10)13(18)20-3/h2*4-7,9H,8H2,1-3H3,(H,16,17,19)/t9-,15+;9-,15-/m11/s1. The molecule has 0 saturated carbocycles. The fourth-order valence-corrected chi connectivity index (χ4v) is 4.94. The number of methoxy groups -OCH3 is 2. The van der Waals surface area contributed by atoms with Crippen LogP contribution < -0.4 is 10.6 Å². The topological polar surface area (TPSA) is 145 Å². The number of rotatable bonds is 6. The highest BCUT2D eigenvalue weighted by molar-refractivity contribution is 6.06. The molecule has 10 heteroatoms. The number of carbonyl (C=O) groups excluding carboxylic acids is 6. The van der Waals surface area contributed by atoms with E-state index in [1.54, 1.807) is 62.4 Å². The number of ether oxygens (including phenoxy) is 2. The molecule has 2 aliphatic rings. The third-order valence-corrected chi connectivity index (χ3v) is 8.17. The first-order valence-electron chi connectivity index (χ1n) is 12.8. The minimum absolute atomic E-state index is 0.124. The molecule has 0 bridgehead atoms. The molecule has 2 saturated heterocycles. The normalized spacial score (nSPS) is 23.4. The van der Waals surface area contributed by atoms with E-state index in [1.165, 1.54) is 14.2 Å². The van der Waals surface area contributed by atoms with Crippen molar-refractivity contribution in [3.8, 4) is 0 Å². The van der Waals surface area contributed by atoms with Gasteiger partial charge in [-0.25, -0.2) is 9.59 Å². The highest BCUT2D eigenvalue weighted by atomic mass is 16.5. The molecule has 4 amide bonds. The van der Waals surface area contributed by atoms with Crippen LogP contribution >= 0.6 is 0 Å². The van der Waals surface area contributed by atoms with Crippen LogP contribution in [-0.4, -0.2) is 49.8 Å². The minimum Gasteiger partial charge on any atom is -0.465 e. The molecule has 212 valence electrons. The lowest BCUT2D eigenvalue weighted by Crippen LogP contribution is -2.33. The number of hydrogen-bond donors (Lipinski definition) is 2. The molecule has 4 rings (SSSR count). The Bertz CT molecular complexity index is 1230. The van der Waals surface area contributed by atoms with Gasteiger partial charge >= 0.3 is 11.9 Å². The Kier molecular flexibility index (Phi) is 8.92. The lowest BCUT2D eigenvalue weighted by molar-refractivity contribution is -0.130. The predicted octanol–water partition coefficient (Wildman–Crippen LogP) is 3.26. The van der Waals surface area contributed by atoms with Crippen LogP contribution in [0.25, 0.3) is 0 Å². The van der Waals surface area contributed by atoms with Gasteiger partial charge in [-0.1, -0.05) is 38.1 Å². The number of amides is 4. The summed E-state index contributed by atoms with van der Waals surface area (Å²) in [4.78, 5) is 69.4. The van der Waals surface area contributed by atoms with E-state index in [0.29, 0.717) is 11.1 Å². The number of hydrogen-bond acceptors (Lipinski definition) is 8. The second kappa shape index (κ2) is 11.8. The van der Waals surface area contributed by atoms with Gasteiger partial charge in [0.15, 0.2) is 0 Å². The summed E-state index contributed by atoms with van der Waals surface area (Å²) in [6, 6.07) is 13.8.